The van der Waals surface area contributed by atoms with E-state index in [-0.39, 0.29) is 11.9 Å². The largest absolute Gasteiger partial charge is 0.313 e. The van der Waals surface area contributed by atoms with Crippen LogP contribution in [-0.2, 0) is 6.42 Å². The van der Waals surface area contributed by atoms with E-state index in [4.69, 9.17) is 11.6 Å². The summed E-state index contributed by atoms with van der Waals surface area (Å²) in [6, 6.07) is 8.82. The molecule has 1 aromatic heterocycles. The first-order valence-corrected chi connectivity index (χ1v) is 7.45. The van der Waals surface area contributed by atoms with Crippen LogP contribution in [0.25, 0.3) is 0 Å². The molecule has 18 heavy (non-hydrogen) atoms. The molecule has 0 spiro atoms. The normalized spacial score (nSPS) is 12.7. The van der Waals surface area contributed by atoms with Gasteiger partial charge in [-0.15, -0.1) is 11.3 Å². The average Bonchev–Trinajstić information content (AvgIpc) is 2.72. The summed E-state index contributed by atoms with van der Waals surface area (Å²) in [6.07, 6.45) is 0.831. The third kappa shape index (κ3) is 3.32. The Bertz CT molecular complexity index is 544. The van der Waals surface area contributed by atoms with E-state index in [1.54, 1.807) is 17.4 Å². The summed E-state index contributed by atoms with van der Waals surface area (Å²) < 4.78 is 14.7. The topological polar surface area (TPSA) is 12.0 Å². The van der Waals surface area contributed by atoms with E-state index in [1.165, 1.54) is 17.0 Å². The minimum atomic E-state index is -0.236. The molecule has 1 heterocycles. The molecule has 1 N–H and O–H groups in total. The van der Waals surface area contributed by atoms with E-state index < -0.39 is 0 Å². The number of hydrogen-bond acceptors (Lipinski definition) is 2. The fraction of sp³-hybridized carbons (Fsp3) is 0.231. The molecule has 0 aliphatic heterocycles. The molecule has 1 atom stereocenters. The molecule has 1 nitrogen and oxygen atoms in total. The van der Waals surface area contributed by atoms with Gasteiger partial charge in [-0.1, -0.05) is 33.6 Å². The van der Waals surface area contributed by atoms with E-state index >= 15 is 0 Å². The number of hydrogen-bond donors (Lipinski definition) is 1. The maximum Gasteiger partial charge on any atom is 0.124 e. The minimum absolute atomic E-state index is 0.134. The number of likely N-dealkylation sites (N-methyl/N-ethyl adjacent to an activating group) is 1. The van der Waals surface area contributed by atoms with Gasteiger partial charge in [0, 0.05) is 21.8 Å². The maximum absolute atomic E-state index is 13.1. The van der Waals surface area contributed by atoms with Crippen molar-refractivity contribution >= 4 is 38.9 Å². The van der Waals surface area contributed by atoms with Gasteiger partial charge in [0.15, 0.2) is 0 Å². The summed E-state index contributed by atoms with van der Waals surface area (Å²) in [5.74, 6) is -0.236. The lowest BCUT2D eigenvalue weighted by Crippen LogP contribution is -2.18. The van der Waals surface area contributed by atoms with Gasteiger partial charge >= 0.3 is 0 Å². The van der Waals surface area contributed by atoms with Gasteiger partial charge in [-0.3, -0.25) is 0 Å². The second kappa shape index (κ2) is 6.15. The fourth-order valence-corrected chi connectivity index (χ4v) is 3.57. The van der Waals surface area contributed by atoms with Gasteiger partial charge in [-0.25, -0.2) is 4.39 Å². The lowest BCUT2D eigenvalue weighted by Gasteiger charge is -2.17. The van der Waals surface area contributed by atoms with Crippen molar-refractivity contribution in [2.75, 3.05) is 7.05 Å². The Morgan fingerprint density at radius 3 is 2.72 bits per heavy atom. The Labute approximate surface area is 123 Å². The molecule has 0 saturated heterocycles. The number of thiophene rings is 1. The van der Waals surface area contributed by atoms with Crippen LogP contribution in [-0.4, -0.2) is 7.05 Å². The molecule has 0 radical (unpaired) electrons. The average molecular weight is 349 g/mol. The zero-order valence-corrected chi connectivity index (χ0v) is 12.9. The molecule has 0 fully saturated rings. The number of benzene rings is 1. The molecule has 0 aliphatic carbocycles. The number of rotatable bonds is 4. The highest BCUT2D eigenvalue weighted by Crippen LogP contribution is 2.30. The van der Waals surface area contributed by atoms with Gasteiger partial charge < -0.3 is 5.32 Å². The smallest absolute Gasteiger partial charge is 0.124 e. The Kier molecular flexibility index (Phi) is 4.78. The summed E-state index contributed by atoms with van der Waals surface area (Å²) in [7, 11) is 1.90. The van der Waals surface area contributed by atoms with E-state index in [2.05, 4.69) is 21.2 Å². The third-order valence-corrected chi connectivity index (χ3v) is 4.66. The highest BCUT2D eigenvalue weighted by atomic mass is 79.9. The van der Waals surface area contributed by atoms with E-state index in [0.717, 1.165) is 20.8 Å². The van der Waals surface area contributed by atoms with E-state index in [0.29, 0.717) is 0 Å². The zero-order valence-electron chi connectivity index (χ0n) is 9.71. The predicted molar refractivity (Wildman–Crippen MR) is 78.9 cm³/mol. The van der Waals surface area contributed by atoms with Crippen LogP contribution in [0.2, 0.25) is 4.34 Å². The zero-order chi connectivity index (χ0) is 13.1. The molecule has 5 heteroatoms. The third-order valence-electron chi connectivity index (χ3n) is 2.72. The summed E-state index contributed by atoms with van der Waals surface area (Å²) in [5.41, 5.74) is 1.04. The fourth-order valence-electron chi connectivity index (χ4n) is 1.81. The second-order valence-corrected chi connectivity index (χ2v) is 6.57. The van der Waals surface area contributed by atoms with Crippen LogP contribution in [0.5, 0.6) is 0 Å². The molecular weight excluding hydrogens is 337 g/mol. The van der Waals surface area contributed by atoms with Gasteiger partial charge in [-0.05, 0) is 36.9 Å². The van der Waals surface area contributed by atoms with Gasteiger partial charge in [0.1, 0.15) is 5.82 Å². The van der Waals surface area contributed by atoms with Crippen molar-refractivity contribution in [1.82, 2.24) is 5.32 Å². The van der Waals surface area contributed by atoms with Crippen molar-refractivity contribution in [2.24, 2.45) is 0 Å². The molecule has 2 rings (SSSR count). The molecule has 96 valence electrons. The van der Waals surface area contributed by atoms with Crippen LogP contribution in [0.3, 0.4) is 0 Å². The minimum Gasteiger partial charge on any atom is -0.313 e. The Morgan fingerprint density at radius 2 is 2.17 bits per heavy atom. The highest BCUT2D eigenvalue weighted by Gasteiger charge is 2.14. The standard InChI is InChI=1S/C13H12BrClFNS/c1-17-12(7-9-3-5-13(15)18-9)10-4-2-8(16)6-11(10)14/h2-6,12,17H,7H2,1H3. The van der Waals surface area contributed by atoms with Crippen LogP contribution in [0.1, 0.15) is 16.5 Å². The summed E-state index contributed by atoms with van der Waals surface area (Å²) in [5, 5.41) is 3.25. The molecule has 0 saturated carbocycles. The van der Waals surface area contributed by atoms with Crippen LogP contribution in [0, 0.1) is 5.82 Å². The van der Waals surface area contributed by atoms with Crippen molar-refractivity contribution in [2.45, 2.75) is 12.5 Å². The maximum atomic E-state index is 13.1. The van der Waals surface area contributed by atoms with E-state index in [9.17, 15) is 4.39 Å². The summed E-state index contributed by atoms with van der Waals surface area (Å²) >= 11 is 10.9. The molecule has 2 aromatic rings. The SMILES string of the molecule is CNC(Cc1ccc(Cl)s1)c1ccc(F)cc1Br. The Morgan fingerprint density at radius 1 is 1.39 bits per heavy atom. The van der Waals surface area contributed by atoms with Crippen molar-refractivity contribution in [3.8, 4) is 0 Å². The van der Waals surface area contributed by atoms with Gasteiger partial charge in [0.25, 0.3) is 0 Å². The Balaban J connectivity index is 2.22. The van der Waals surface area contributed by atoms with E-state index in [1.807, 2.05) is 19.2 Å². The summed E-state index contributed by atoms with van der Waals surface area (Å²) in [6.45, 7) is 0. The second-order valence-electron chi connectivity index (χ2n) is 3.92. The van der Waals surface area contributed by atoms with Gasteiger partial charge in [0.05, 0.1) is 4.34 Å². The Hall–Kier alpha value is -0.420. The van der Waals surface area contributed by atoms with Crippen LogP contribution in [0.4, 0.5) is 4.39 Å². The first-order chi connectivity index (χ1) is 8.60. The molecule has 0 aliphatic rings. The highest BCUT2D eigenvalue weighted by molar-refractivity contribution is 9.10. The van der Waals surface area contributed by atoms with Crippen LogP contribution in [0.15, 0.2) is 34.8 Å². The molecule has 0 amide bonds. The quantitative estimate of drug-likeness (QED) is 0.836. The first-order valence-electron chi connectivity index (χ1n) is 5.46. The van der Waals surface area contributed by atoms with Crippen molar-refractivity contribution < 1.29 is 4.39 Å². The van der Waals surface area contributed by atoms with Crippen molar-refractivity contribution in [3.05, 3.63) is 55.4 Å². The lowest BCUT2D eigenvalue weighted by atomic mass is 10.0. The van der Waals surface area contributed by atoms with Crippen molar-refractivity contribution in [1.29, 1.82) is 0 Å². The predicted octanol–water partition coefficient (Wildman–Crippen LogP) is 4.81. The van der Waals surface area contributed by atoms with Gasteiger partial charge in [-0.2, -0.15) is 0 Å². The molecule has 0 bridgehead atoms. The van der Waals surface area contributed by atoms with Crippen molar-refractivity contribution in [3.63, 3.8) is 0 Å². The monoisotopic (exact) mass is 347 g/mol. The van der Waals surface area contributed by atoms with Crippen LogP contribution >= 0.6 is 38.9 Å². The number of nitrogens with one attached hydrogen (secondary N) is 1. The summed E-state index contributed by atoms with van der Waals surface area (Å²) in [4.78, 5) is 1.20. The first kappa shape index (κ1) is 14.0. The number of halogens is 3. The van der Waals surface area contributed by atoms with Crippen LogP contribution < -0.4 is 5.32 Å². The molecular formula is C13H12BrClFNS. The lowest BCUT2D eigenvalue weighted by molar-refractivity contribution is 0.586. The molecule has 1 unspecified atom stereocenters. The molecule has 1 aromatic carbocycles. The van der Waals surface area contributed by atoms with Gasteiger partial charge in [0.2, 0.25) is 0 Å².